The van der Waals surface area contributed by atoms with Gasteiger partial charge in [0.05, 0.1) is 17.5 Å². The van der Waals surface area contributed by atoms with Crippen molar-refractivity contribution < 1.29 is 23.4 Å². The smallest absolute Gasteiger partial charge is 0.387 e. The van der Waals surface area contributed by atoms with Crippen LogP contribution in [0.25, 0.3) is 0 Å². The largest absolute Gasteiger partial charge is 0.435 e. The summed E-state index contributed by atoms with van der Waals surface area (Å²) in [5.74, 6) is -0.0707. The van der Waals surface area contributed by atoms with Crippen LogP contribution in [0, 0.1) is 5.41 Å². The second kappa shape index (κ2) is 8.48. The van der Waals surface area contributed by atoms with E-state index in [2.05, 4.69) is 15.0 Å². The van der Waals surface area contributed by atoms with Crippen LogP contribution in [0.3, 0.4) is 0 Å². The van der Waals surface area contributed by atoms with E-state index in [0.29, 0.717) is 23.1 Å². The van der Waals surface area contributed by atoms with Gasteiger partial charge in [-0.1, -0.05) is 12.1 Å². The molecule has 3 N–H and O–H groups in total. The summed E-state index contributed by atoms with van der Waals surface area (Å²) in [6, 6.07) is 6.89. The minimum Gasteiger partial charge on any atom is -0.435 e. The Morgan fingerprint density at radius 3 is 2.69 bits per heavy atom. The molecule has 26 heavy (non-hydrogen) atoms. The summed E-state index contributed by atoms with van der Waals surface area (Å²) in [6.07, 6.45) is 1.25. The van der Waals surface area contributed by atoms with Gasteiger partial charge in [0.25, 0.3) is 0 Å². The number of benzene rings is 1. The van der Waals surface area contributed by atoms with Crippen LogP contribution in [0.1, 0.15) is 35.5 Å². The lowest BCUT2D eigenvalue weighted by molar-refractivity contribution is -0.0498. The lowest BCUT2D eigenvalue weighted by Crippen LogP contribution is -2.29. The van der Waals surface area contributed by atoms with Gasteiger partial charge in [0.1, 0.15) is 11.4 Å². The van der Waals surface area contributed by atoms with Crippen molar-refractivity contribution in [3.63, 3.8) is 0 Å². The van der Waals surface area contributed by atoms with Crippen molar-refractivity contribution in [3.8, 4) is 5.75 Å². The molecule has 0 aliphatic heterocycles. The number of pyridine rings is 1. The number of ether oxygens (including phenoxy) is 1. The van der Waals surface area contributed by atoms with E-state index in [1.807, 2.05) is 0 Å². The monoisotopic (exact) mass is 363 g/mol. The van der Waals surface area contributed by atoms with Gasteiger partial charge in [-0.3, -0.25) is 15.2 Å². The zero-order valence-corrected chi connectivity index (χ0v) is 14.2. The summed E-state index contributed by atoms with van der Waals surface area (Å²) in [7, 11) is 0. The first-order valence-electron chi connectivity index (χ1n) is 7.85. The van der Waals surface area contributed by atoms with Gasteiger partial charge in [-0.05, 0) is 32.0 Å². The SMILES string of the molecule is CC(O)C(C)Nc1cc(C=O)cnc1C(=N)c1cccc(OC(F)F)c1. The van der Waals surface area contributed by atoms with Crippen LogP contribution in [-0.2, 0) is 0 Å². The quantitative estimate of drug-likeness (QED) is 0.495. The Bertz CT molecular complexity index is 797. The van der Waals surface area contributed by atoms with Gasteiger partial charge in [-0.25, -0.2) is 0 Å². The highest BCUT2D eigenvalue weighted by Crippen LogP contribution is 2.23. The molecule has 2 rings (SSSR count). The molecule has 0 radical (unpaired) electrons. The van der Waals surface area contributed by atoms with E-state index in [1.165, 1.54) is 30.5 Å². The average Bonchev–Trinajstić information content (AvgIpc) is 2.60. The number of alkyl halides is 2. The molecule has 0 saturated carbocycles. The molecule has 2 unspecified atom stereocenters. The number of aldehydes is 1. The van der Waals surface area contributed by atoms with Crippen LogP contribution in [-0.4, -0.2) is 40.8 Å². The molecule has 1 aromatic heterocycles. The lowest BCUT2D eigenvalue weighted by atomic mass is 10.0. The highest BCUT2D eigenvalue weighted by molar-refractivity contribution is 6.13. The lowest BCUT2D eigenvalue weighted by Gasteiger charge is -2.20. The predicted molar refractivity (Wildman–Crippen MR) is 93.4 cm³/mol. The summed E-state index contributed by atoms with van der Waals surface area (Å²) in [5.41, 5.74) is 1.19. The van der Waals surface area contributed by atoms with E-state index in [-0.39, 0.29) is 23.2 Å². The standard InChI is InChI=1S/C18H19F2N3O3/c1-10(11(2)25)23-15-6-12(9-24)8-22-17(15)16(21)13-4-3-5-14(7-13)26-18(19)20/h3-11,18,21,23,25H,1-2H3. The fraction of sp³-hybridized carbons (Fsp3) is 0.278. The van der Waals surface area contributed by atoms with Crippen LogP contribution in [0.4, 0.5) is 14.5 Å². The number of aliphatic hydroxyl groups excluding tert-OH is 1. The maximum atomic E-state index is 12.4. The molecule has 1 heterocycles. The Balaban J connectivity index is 2.40. The molecule has 0 saturated heterocycles. The number of hydrogen-bond donors (Lipinski definition) is 3. The molecule has 0 aliphatic rings. The van der Waals surface area contributed by atoms with Crippen LogP contribution in [0.2, 0.25) is 0 Å². The molecule has 1 aromatic carbocycles. The van der Waals surface area contributed by atoms with Gasteiger partial charge in [-0.15, -0.1) is 0 Å². The number of aromatic nitrogens is 1. The molecule has 0 bridgehead atoms. The minimum absolute atomic E-state index is 0.0394. The van der Waals surface area contributed by atoms with Crippen molar-refractivity contribution in [2.75, 3.05) is 5.32 Å². The highest BCUT2D eigenvalue weighted by atomic mass is 19.3. The van der Waals surface area contributed by atoms with E-state index < -0.39 is 12.7 Å². The van der Waals surface area contributed by atoms with Crippen LogP contribution in [0.5, 0.6) is 5.75 Å². The number of carbonyl (C=O) groups excluding carboxylic acids is 1. The van der Waals surface area contributed by atoms with E-state index in [4.69, 9.17) is 5.41 Å². The molecular formula is C18H19F2N3O3. The molecule has 6 nitrogen and oxygen atoms in total. The Morgan fingerprint density at radius 1 is 1.35 bits per heavy atom. The van der Waals surface area contributed by atoms with Gasteiger partial charge in [0, 0.05) is 23.4 Å². The van der Waals surface area contributed by atoms with Crippen molar-refractivity contribution in [2.45, 2.75) is 32.6 Å². The zero-order chi connectivity index (χ0) is 19.3. The summed E-state index contributed by atoms with van der Waals surface area (Å²) >= 11 is 0. The molecule has 2 aromatic rings. The number of anilines is 1. The van der Waals surface area contributed by atoms with Crippen molar-refractivity contribution in [1.29, 1.82) is 5.41 Å². The van der Waals surface area contributed by atoms with Crippen molar-refractivity contribution in [1.82, 2.24) is 4.98 Å². The van der Waals surface area contributed by atoms with Crippen molar-refractivity contribution >= 4 is 17.7 Å². The number of halogens is 2. The van der Waals surface area contributed by atoms with Gasteiger partial charge >= 0.3 is 6.61 Å². The fourth-order valence-corrected chi connectivity index (χ4v) is 2.18. The molecular weight excluding hydrogens is 344 g/mol. The first-order chi connectivity index (χ1) is 12.3. The Morgan fingerprint density at radius 2 is 2.08 bits per heavy atom. The Hall–Kier alpha value is -2.87. The van der Waals surface area contributed by atoms with E-state index >= 15 is 0 Å². The van der Waals surface area contributed by atoms with Gasteiger partial charge in [0.15, 0.2) is 6.29 Å². The second-order valence-corrected chi connectivity index (χ2v) is 5.74. The molecule has 0 aliphatic carbocycles. The van der Waals surface area contributed by atoms with Gasteiger partial charge < -0.3 is 15.2 Å². The van der Waals surface area contributed by atoms with Crippen LogP contribution in [0.15, 0.2) is 36.5 Å². The maximum Gasteiger partial charge on any atom is 0.387 e. The number of nitrogens with one attached hydrogen (secondary N) is 2. The zero-order valence-electron chi connectivity index (χ0n) is 14.2. The van der Waals surface area contributed by atoms with Crippen LogP contribution >= 0.6 is 0 Å². The normalized spacial score (nSPS) is 13.2. The first-order valence-corrected chi connectivity index (χ1v) is 7.85. The molecule has 8 heteroatoms. The van der Waals surface area contributed by atoms with Crippen LogP contribution < -0.4 is 10.1 Å². The third kappa shape index (κ3) is 4.82. The number of aliphatic hydroxyl groups is 1. The average molecular weight is 363 g/mol. The number of nitrogens with zero attached hydrogens (tertiary/aromatic N) is 1. The van der Waals surface area contributed by atoms with Gasteiger partial charge in [0.2, 0.25) is 0 Å². The molecule has 0 fully saturated rings. The number of carbonyl (C=O) groups is 1. The summed E-state index contributed by atoms with van der Waals surface area (Å²) < 4.78 is 29.1. The minimum atomic E-state index is -2.96. The first kappa shape index (κ1) is 19.5. The third-order valence-electron chi connectivity index (χ3n) is 3.74. The topological polar surface area (TPSA) is 95.3 Å². The predicted octanol–water partition coefficient (Wildman–Crippen LogP) is 3.09. The van der Waals surface area contributed by atoms with Crippen molar-refractivity contribution in [3.05, 3.63) is 53.3 Å². The number of hydrogen-bond acceptors (Lipinski definition) is 6. The highest BCUT2D eigenvalue weighted by Gasteiger charge is 2.17. The summed E-state index contributed by atoms with van der Waals surface area (Å²) in [5, 5.41) is 21.1. The Labute approximate surface area is 149 Å². The van der Waals surface area contributed by atoms with Gasteiger partial charge in [-0.2, -0.15) is 8.78 Å². The number of rotatable bonds is 8. The Kier molecular flexibility index (Phi) is 6.35. The third-order valence-corrected chi connectivity index (χ3v) is 3.74. The van der Waals surface area contributed by atoms with Crippen molar-refractivity contribution in [2.24, 2.45) is 0 Å². The molecule has 0 amide bonds. The van der Waals surface area contributed by atoms with E-state index in [1.54, 1.807) is 19.9 Å². The second-order valence-electron chi connectivity index (χ2n) is 5.74. The van der Waals surface area contributed by atoms with E-state index in [0.717, 1.165) is 0 Å². The maximum absolute atomic E-state index is 12.4. The molecule has 0 spiro atoms. The summed E-state index contributed by atoms with van der Waals surface area (Å²) in [4.78, 5) is 15.2. The fourth-order valence-electron chi connectivity index (χ4n) is 2.18. The molecule has 2 atom stereocenters. The summed E-state index contributed by atoms with van der Waals surface area (Å²) in [6.45, 7) is 0.377. The molecule has 138 valence electrons. The van der Waals surface area contributed by atoms with E-state index in [9.17, 15) is 18.7 Å².